The van der Waals surface area contributed by atoms with E-state index in [2.05, 4.69) is 88.7 Å². The molecular formula is C52H47N10Pt2-3. The van der Waals surface area contributed by atoms with Crippen molar-refractivity contribution in [2.24, 2.45) is 4.99 Å². The Kier molecular flexibility index (Phi) is 19.9. The number of fused-ring (bicyclic) bond motifs is 2. The molecular weight excluding hydrogens is 1150 g/mol. The molecule has 0 bridgehead atoms. The molecule has 0 unspecified atom stereocenters. The van der Waals surface area contributed by atoms with Crippen LogP contribution in [0.1, 0.15) is 12.8 Å². The molecule has 328 valence electrons. The van der Waals surface area contributed by atoms with Crippen molar-refractivity contribution in [3.63, 3.8) is 0 Å². The molecule has 0 saturated carbocycles. The van der Waals surface area contributed by atoms with E-state index in [0.29, 0.717) is 6.67 Å². The SMILES string of the molecule is C(=Nc1ccccc1)[N-]c1ccccc1.CN1[CH-]N(C2=[C-]CCC=C2)c2ncccc21.CN1[CH-]N(c2[c-]cccc2)c2ncccc21.[Pt+4].[Pt].c1ccc([N-]C[N-]c2ccccc2)cc1. The van der Waals surface area contributed by atoms with Gasteiger partial charge in [-0.15, -0.1) is 23.5 Å². The fourth-order valence-corrected chi connectivity index (χ4v) is 6.32. The zero-order valence-corrected chi connectivity index (χ0v) is 40.0. The molecule has 12 heteroatoms. The van der Waals surface area contributed by atoms with Crippen LogP contribution in [0.5, 0.6) is 0 Å². The van der Waals surface area contributed by atoms with Gasteiger partial charge in [0, 0.05) is 44.8 Å². The van der Waals surface area contributed by atoms with Crippen LogP contribution in [0, 0.1) is 25.5 Å². The topological polar surface area (TPSA) is 93.4 Å². The average molecular weight is 1200 g/mol. The second-order valence-electron chi connectivity index (χ2n) is 13.8. The molecule has 3 aliphatic rings. The Morgan fingerprint density at radius 2 is 1.14 bits per heavy atom. The summed E-state index contributed by atoms with van der Waals surface area (Å²) < 4.78 is 0. The van der Waals surface area contributed by atoms with Gasteiger partial charge in [0.25, 0.3) is 0 Å². The quantitative estimate of drug-likeness (QED) is 0.0812. The summed E-state index contributed by atoms with van der Waals surface area (Å²) in [5.74, 6) is 1.94. The molecule has 0 saturated heterocycles. The molecule has 64 heavy (non-hydrogen) atoms. The number of hydrogen-bond donors (Lipinski definition) is 0. The molecule has 1 aliphatic carbocycles. The van der Waals surface area contributed by atoms with E-state index < -0.39 is 0 Å². The first-order chi connectivity index (χ1) is 30.6. The van der Waals surface area contributed by atoms with Gasteiger partial charge < -0.3 is 40.5 Å². The molecule has 10 nitrogen and oxygen atoms in total. The maximum Gasteiger partial charge on any atom is 4.00 e. The standard InChI is InChI=1S/C13H13N3.C13H11N3.C13H12N2.C13H11N2.2Pt/c2*1-15-10-16(11-6-3-2-4-7-11)13-12(15)8-5-9-14-13;2*1-3-7-12(8-4-1)14-11-15-13-9-5-2-6-10-13;;/h3,5-6,8-10H,2,4H2,1H3;2-6,8-10H,1H3;1-10H,11H2;1-11H;;/q3*-2;-1;;+4. The molecule has 5 aromatic carbocycles. The molecule has 0 fully saturated rings. The first-order valence-electron chi connectivity index (χ1n) is 20.3. The van der Waals surface area contributed by atoms with E-state index in [9.17, 15) is 0 Å². The normalized spacial score (nSPS) is 12.9. The summed E-state index contributed by atoms with van der Waals surface area (Å²) in [6.07, 6.45) is 15.0. The fourth-order valence-electron chi connectivity index (χ4n) is 6.32. The van der Waals surface area contributed by atoms with Crippen LogP contribution in [-0.2, 0) is 42.1 Å². The number of nitrogens with zero attached hydrogens (tertiary/aromatic N) is 10. The molecule has 2 aliphatic heterocycles. The van der Waals surface area contributed by atoms with Crippen LogP contribution in [-0.4, -0.2) is 37.1 Å². The third-order valence-corrected chi connectivity index (χ3v) is 9.38. The van der Waals surface area contributed by atoms with Crippen LogP contribution in [0.15, 0.2) is 205 Å². The van der Waals surface area contributed by atoms with Crippen LogP contribution in [0.25, 0.3) is 16.0 Å². The second-order valence-corrected chi connectivity index (χ2v) is 13.8. The molecule has 7 aromatic rings. The molecule has 2 aromatic heterocycles. The van der Waals surface area contributed by atoms with E-state index in [-0.39, 0.29) is 42.1 Å². The van der Waals surface area contributed by atoms with Crippen molar-refractivity contribution in [2.45, 2.75) is 12.8 Å². The summed E-state index contributed by atoms with van der Waals surface area (Å²) in [5, 5.41) is 12.9. The number of pyridine rings is 2. The van der Waals surface area contributed by atoms with Crippen molar-refractivity contribution in [1.29, 1.82) is 0 Å². The van der Waals surface area contributed by atoms with Crippen molar-refractivity contribution in [2.75, 3.05) is 40.4 Å². The summed E-state index contributed by atoms with van der Waals surface area (Å²) in [5.41, 5.74) is 8.11. The Morgan fingerprint density at radius 1 is 0.625 bits per heavy atom. The second kappa shape index (κ2) is 26.2. The summed E-state index contributed by atoms with van der Waals surface area (Å²) in [7, 11) is 4.05. The third-order valence-electron chi connectivity index (χ3n) is 9.38. The smallest absolute Gasteiger partial charge is 0.699 e. The average Bonchev–Trinajstić information content (AvgIpc) is 3.87. The predicted octanol–water partition coefficient (Wildman–Crippen LogP) is 13.5. The Morgan fingerprint density at radius 3 is 1.67 bits per heavy atom. The first-order valence-corrected chi connectivity index (χ1v) is 20.3. The summed E-state index contributed by atoms with van der Waals surface area (Å²) in [6.45, 7) is 4.55. The van der Waals surface area contributed by atoms with Crippen molar-refractivity contribution in [1.82, 2.24) is 9.97 Å². The number of aromatic nitrogens is 2. The third kappa shape index (κ3) is 14.3. The fraction of sp³-hybridized carbons (Fsp3) is 0.0962. The summed E-state index contributed by atoms with van der Waals surface area (Å²) >= 11 is 0. The molecule has 0 atom stereocenters. The number of rotatable bonds is 9. The Hall–Kier alpha value is -6.47. The minimum Gasteiger partial charge on any atom is -0.699 e. The Bertz CT molecular complexity index is 2440. The van der Waals surface area contributed by atoms with E-state index >= 15 is 0 Å². The van der Waals surface area contributed by atoms with Gasteiger partial charge in [-0.25, -0.2) is 16.6 Å². The van der Waals surface area contributed by atoms with E-state index in [4.69, 9.17) is 0 Å². The van der Waals surface area contributed by atoms with Crippen LogP contribution in [0.4, 0.5) is 51.4 Å². The maximum absolute atomic E-state index is 4.42. The Balaban J connectivity index is 0.000000159. The van der Waals surface area contributed by atoms with Crippen LogP contribution in [0.3, 0.4) is 0 Å². The summed E-state index contributed by atoms with van der Waals surface area (Å²) in [4.78, 5) is 21.3. The van der Waals surface area contributed by atoms with E-state index in [1.165, 1.54) is 0 Å². The largest absolute Gasteiger partial charge is 4.00 e. The first kappa shape index (κ1) is 48.6. The van der Waals surface area contributed by atoms with Crippen molar-refractivity contribution in [3.05, 3.63) is 242 Å². The van der Waals surface area contributed by atoms with Gasteiger partial charge in [-0.2, -0.15) is 61.5 Å². The molecule has 0 amide bonds. The number of para-hydroxylation sites is 5. The van der Waals surface area contributed by atoms with Gasteiger partial charge in [-0.1, -0.05) is 134 Å². The number of anilines is 5. The van der Waals surface area contributed by atoms with Gasteiger partial charge in [-0.3, -0.25) is 6.08 Å². The van der Waals surface area contributed by atoms with Crippen molar-refractivity contribution >= 4 is 57.8 Å². The van der Waals surface area contributed by atoms with Gasteiger partial charge >= 0.3 is 21.1 Å². The molecule has 4 heterocycles. The van der Waals surface area contributed by atoms with Crippen molar-refractivity contribution < 1.29 is 42.1 Å². The van der Waals surface area contributed by atoms with E-state index in [1.807, 2.05) is 196 Å². The van der Waals surface area contributed by atoms with Gasteiger partial charge in [0.05, 0.1) is 0 Å². The summed E-state index contributed by atoms with van der Waals surface area (Å²) in [6, 6.07) is 58.4. The minimum absolute atomic E-state index is 0. The minimum atomic E-state index is 0. The van der Waals surface area contributed by atoms with E-state index in [0.717, 1.165) is 70.0 Å². The van der Waals surface area contributed by atoms with Crippen LogP contribution < -0.4 is 19.6 Å². The zero-order valence-electron chi connectivity index (χ0n) is 35.4. The van der Waals surface area contributed by atoms with Crippen LogP contribution in [0.2, 0.25) is 0 Å². The molecule has 0 N–H and O–H groups in total. The number of allylic oxidation sites excluding steroid dienone is 3. The van der Waals surface area contributed by atoms with Gasteiger partial charge in [0.15, 0.2) is 0 Å². The van der Waals surface area contributed by atoms with Gasteiger partial charge in [0.2, 0.25) is 0 Å². The predicted molar refractivity (Wildman–Crippen MR) is 257 cm³/mol. The number of hydrogen-bond acceptors (Lipinski definition) is 7. The van der Waals surface area contributed by atoms with Gasteiger partial charge in [0.1, 0.15) is 11.6 Å². The Labute approximate surface area is 407 Å². The maximum atomic E-state index is 4.42. The number of aliphatic imine (C=N–C) groups is 1. The van der Waals surface area contributed by atoms with Crippen molar-refractivity contribution in [3.8, 4) is 0 Å². The van der Waals surface area contributed by atoms with Crippen LogP contribution >= 0.6 is 0 Å². The zero-order chi connectivity index (χ0) is 42.6. The molecule has 10 rings (SSSR count). The molecule has 0 spiro atoms. The van der Waals surface area contributed by atoms with Gasteiger partial charge in [-0.05, 0) is 49.7 Å². The monoisotopic (exact) mass is 1200 g/mol. The van der Waals surface area contributed by atoms with E-state index in [1.54, 1.807) is 6.34 Å². The molecule has 0 radical (unpaired) electrons. The number of benzene rings is 5.